The van der Waals surface area contributed by atoms with Crippen molar-refractivity contribution in [1.82, 2.24) is 24.1 Å². The van der Waals surface area contributed by atoms with E-state index in [0.29, 0.717) is 27.9 Å². The fraction of sp³-hybridized carbons (Fsp3) is 0.158. The summed E-state index contributed by atoms with van der Waals surface area (Å²) in [5.41, 5.74) is 3.10. The summed E-state index contributed by atoms with van der Waals surface area (Å²) in [6, 6.07) is 12.9. The Hall–Kier alpha value is -2.64. The lowest BCUT2D eigenvalue weighted by Gasteiger charge is -2.06. The van der Waals surface area contributed by atoms with Gasteiger partial charge >= 0.3 is 0 Å². The van der Waals surface area contributed by atoms with Crippen molar-refractivity contribution < 1.29 is 0 Å². The molecule has 0 bridgehead atoms. The number of rotatable bonds is 4. The third kappa shape index (κ3) is 3.48. The molecule has 136 valence electrons. The molecule has 27 heavy (non-hydrogen) atoms. The predicted molar refractivity (Wildman–Crippen MR) is 107 cm³/mol. The molecule has 8 heteroatoms. The first-order valence-corrected chi connectivity index (χ1v) is 9.65. The first-order chi connectivity index (χ1) is 13.0. The van der Waals surface area contributed by atoms with E-state index in [2.05, 4.69) is 15.2 Å². The SMILES string of the molecule is Cc1ccc2nc(CSc3nnc(-c4ccccc4Cl)n3C)cc(=O)n2c1. The Labute approximate surface area is 164 Å². The van der Waals surface area contributed by atoms with Gasteiger partial charge in [-0.15, -0.1) is 10.2 Å². The fourth-order valence-electron chi connectivity index (χ4n) is 2.79. The number of hydrogen-bond donors (Lipinski definition) is 0. The van der Waals surface area contributed by atoms with Gasteiger partial charge in [-0.2, -0.15) is 0 Å². The standard InChI is InChI=1S/C19H16ClN5OS/c1-12-7-8-16-21-13(9-17(26)25(16)10-12)11-27-19-23-22-18(24(19)2)14-5-3-4-6-15(14)20/h3-10H,11H2,1-2H3. The van der Waals surface area contributed by atoms with Crippen LogP contribution in [0.2, 0.25) is 5.02 Å². The maximum absolute atomic E-state index is 12.3. The molecule has 0 saturated carbocycles. The Balaban J connectivity index is 1.60. The van der Waals surface area contributed by atoms with Crippen LogP contribution in [-0.2, 0) is 12.8 Å². The topological polar surface area (TPSA) is 65.1 Å². The number of pyridine rings is 1. The molecule has 1 aromatic carbocycles. The van der Waals surface area contributed by atoms with Gasteiger partial charge in [-0.05, 0) is 30.7 Å². The molecular formula is C19H16ClN5OS. The number of halogens is 1. The second kappa shape index (κ2) is 7.17. The first kappa shape index (κ1) is 17.8. The van der Waals surface area contributed by atoms with Gasteiger partial charge in [0.2, 0.25) is 0 Å². The van der Waals surface area contributed by atoms with Crippen molar-refractivity contribution in [3.63, 3.8) is 0 Å². The highest BCUT2D eigenvalue weighted by Crippen LogP contribution is 2.29. The van der Waals surface area contributed by atoms with Crippen molar-refractivity contribution in [3.05, 3.63) is 75.3 Å². The molecule has 0 saturated heterocycles. The van der Waals surface area contributed by atoms with Crippen molar-refractivity contribution in [3.8, 4) is 11.4 Å². The number of aromatic nitrogens is 5. The van der Waals surface area contributed by atoms with Gasteiger partial charge in [0.15, 0.2) is 11.0 Å². The quantitative estimate of drug-likeness (QED) is 0.491. The van der Waals surface area contributed by atoms with Crippen LogP contribution in [0.25, 0.3) is 17.0 Å². The van der Waals surface area contributed by atoms with Gasteiger partial charge in [0.05, 0.1) is 10.7 Å². The molecule has 0 aliphatic rings. The minimum absolute atomic E-state index is 0.0889. The summed E-state index contributed by atoms with van der Waals surface area (Å²) >= 11 is 7.74. The molecule has 0 aliphatic carbocycles. The summed E-state index contributed by atoms with van der Waals surface area (Å²) in [7, 11) is 1.90. The molecule has 0 spiro atoms. The number of nitrogens with zero attached hydrogens (tertiary/aromatic N) is 5. The molecule has 0 amide bonds. The van der Waals surface area contributed by atoms with E-state index < -0.39 is 0 Å². The summed E-state index contributed by atoms with van der Waals surface area (Å²) in [4.78, 5) is 16.9. The summed E-state index contributed by atoms with van der Waals surface area (Å²) < 4.78 is 3.45. The van der Waals surface area contributed by atoms with E-state index >= 15 is 0 Å². The average molecular weight is 398 g/mol. The third-order valence-corrected chi connectivity index (χ3v) is 5.54. The van der Waals surface area contributed by atoms with E-state index in [0.717, 1.165) is 16.3 Å². The van der Waals surface area contributed by atoms with Crippen molar-refractivity contribution in [1.29, 1.82) is 0 Å². The third-order valence-electron chi connectivity index (χ3n) is 4.16. The zero-order valence-corrected chi connectivity index (χ0v) is 16.3. The van der Waals surface area contributed by atoms with Gasteiger partial charge in [-0.25, -0.2) is 4.98 Å². The van der Waals surface area contributed by atoms with Crippen LogP contribution in [0.4, 0.5) is 0 Å². The van der Waals surface area contributed by atoms with Gasteiger partial charge in [0.25, 0.3) is 5.56 Å². The fourth-order valence-corrected chi connectivity index (χ4v) is 3.81. The maximum Gasteiger partial charge on any atom is 0.258 e. The molecule has 0 N–H and O–H groups in total. The van der Waals surface area contributed by atoms with Crippen molar-refractivity contribution in [2.75, 3.05) is 0 Å². The van der Waals surface area contributed by atoms with Crippen molar-refractivity contribution in [2.45, 2.75) is 17.8 Å². The molecule has 0 aliphatic heterocycles. The molecule has 0 atom stereocenters. The predicted octanol–water partition coefficient (Wildman–Crippen LogP) is 3.74. The Morgan fingerprint density at radius 3 is 2.78 bits per heavy atom. The first-order valence-electron chi connectivity index (χ1n) is 8.29. The van der Waals surface area contributed by atoms with Gasteiger partial charge in [0.1, 0.15) is 5.65 Å². The van der Waals surface area contributed by atoms with Crippen molar-refractivity contribution in [2.24, 2.45) is 7.05 Å². The monoisotopic (exact) mass is 397 g/mol. The summed E-state index contributed by atoms with van der Waals surface area (Å²) in [6.45, 7) is 1.94. The van der Waals surface area contributed by atoms with E-state index in [1.165, 1.54) is 11.8 Å². The zero-order valence-electron chi connectivity index (χ0n) is 14.8. The Morgan fingerprint density at radius 1 is 1.15 bits per heavy atom. The van der Waals surface area contributed by atoms with Crippen LogP contribution in [0.5, 0.6) is 0 Å². The number of aryl methyl sites for hydroxylation is 1. The van der Waals surface area contributed by atoms with Gasteiger partial charge < -0.3 is 4.57 Å². The molecule has 3 heterocycles. The normalized spacial score (nSPS) is 11.2. The van der Waals surface area contributed by atoms with E-state index in [1.54, 1.807) is 16.7 Å². The van der Waals surface area contributed by atoms with Crippen LogP contribution in [0.15, 0.2) is 58.6 Å². The van der Waals surface area contributed by atoms with Crippen LogP contribution in [-0.4, -0.2) is 24.1 Å². The number of hydrogen-bond acceptors (Lipinski definition) is 5. The van der Waals surface area contributed by atoms with Crippen molar-refractivity contribution >= 4 is 29.0 Å². The lowest BCUT2D eigenvalue weighted by molar-refractivity contribution is 0.793. The highest BCUT2D eigenvalue weighted by molar-refractivity contribution is 7.98. The molecule has 4 aromatic rings. The minimum Gasteiger partial charge on any atom is -0.305 e. The maximum atomic E-state index is 12.3. The highest BCUT2D eigenvalue weighted by atomic mass is 35.5. The number of benzene rings is 1. The van der Waals surface area contributed by atoms with E-state index in [-0.39, 0.29) is 5.56 Å². The average Bonchev–Trinajstić information content (AvgIpc) is 3.01. The highest BCUT2D eigenvalue weighted by Gasteiger charge is 2.14. The van der Waals surface area contributed by atoms with Crippen LogP contribution < -0.4 is 5.56 Å². The smallest absolute Gasteiger partial charge is 0.258 e. The minimum atomic E-state index is -0.0889. The van der Waals surface area contributed by atoms with E-state index in [1.807, 2.05) is 54.9 Å². The lowest BCUT2D eigenvalue weighted by atomic mass is 10.2. The molecule has 0 unspecified atom stereocenters. The Bertz CT molecular complexity index is 1200. The Morgan fingerprint density at radius 2 is 1.96 bits per heavy atom. The van der Waals surface area contributed by atoms with E-state index in [9.17, 15) is 4.79 Å². The molecule has 4 rings (SSSR count). The Kier molecular flexibility index (Phi) is 4.72. The van der Waals surface area contributed by atoms with E-state index in [4.69, 9.17) is 11.6 Å². The van der Waals surface area contributed by atoms with Gasteiger partial charge in [0, 0.05) is 30.6 Å². The summed E-state index contributed by atoms with van der Waals surface area (Å²) in [6.07, 6.45) is 1.79. The largest absolute Gasteiger partial charge is 0.305 e. The number of thioether (sulfide) groups is 1. The second-order valence-electron chi connectivity index (χ2n) is 6.15. The molecule has 0 radical (unpaired) electrons. The van der Waals surface area contributed by atoms with Gasteiger partial charge in [-0.3, -0.25) is 9.20 Å². The summed E-state index contributed by atoms with van der Waals surface area (Å²) in [5, 5.41) is 9.87. The second-order valence-corrected chi connectivity index (χ2v) is 7.50. The van der Waals surface area contributed by atoms with Crippen LogP contribution in [0, 0.1) is 6.92 Å². The zero-order chi connectivity index (χ0) is 19.0. The van der Waals surface area contributed by atoms with Crippen LogP contribution in [0.1, 0.15) is 11.3 Å². The molecular weight excluding hydrogens is 382 g/mol. The van der Waals surface area contributed by atoms with Crippen LogP contribution in [0.3, 0.4) is 0 Å². The molecule has 6 nitrogen and oxygen atoms in total. The van der Waals surface area contributed by atoms with Gasteiger partial charge in [-0.1, -0.05) is 41.6 Å². The molecule has 0 fully saturated rings. The molecule has 3 aromatic heterocycles. The lowest BCUT2D eigenvalue weighted by Crippen LogP contribution is -2.15. The summed E-state index contributed by atoms with van der Waals surface area (Å²) in [5.74, 6) is 1.22. The van der Waals surface area contributed by atoms with Crippen LogP contribution >= 0.6 is 23.4 Å². The number of fused-ring (bicyclic) bond motifs is 1.